The Labute approximate surface area is 172 Å². The first kappa shape index (κ1) is 19.3. The smallest absolute Gasteiger partial charge is 0.336 e. The van der Waals surface area contributed by atoms with Crippen molar-refractivity contribution in [2.75, 3.05) is 7.11 Å². The summed E-state index contributed by atoms with van der Waals surface area (Å²) in [6, 6.07) is 15.3. The first-order valence-electron chi connectivity index (χ1n) is 9.31. The van der Waals surface area contributed by atoms with Crippen LogP contribution in [0.5, 0.6) is 5.75 Å². The zero-order chi connectivity index (χ0) is 20.4. The normalized spacial score (nSPS) is 11.1. The van der Waals surface area contributed by atoms with Crippen molar-refractivity contribution in [2.45, 2.75) is 24.3 Å². The maximum atomic E-state index is 12.0. The number of fused-ring (bicyclic) bond motifs is 1. The van der Waals surface area contributed by atoms with Crippen molar-refractivity contribution in [3.8, 4) is 17.1 Å². The van der Waals surface area contributed by atoms with E-state index in [1.807, 2.05) is 48.0 Å². The summed E-state index contributed by atoms with van der Waals surface area (Å²) in [5.74, 6) is 2.18. The Hall–Kier alpha value is -3.06. The van der Waals surface area contributed by atoms with Gasteiger partial charge in [-0.1, -0.05) is 30.8 Å². The summed E-state index contributed by atoms with van der Waals surface area (Å²) in [6.45, 7) is 2.08. The number of benzene rings is 2. The molecule has 4 aromatic rings. The fourth-order valence-electron chi connectivity index (χ4n) is 3.19. The van der Waals surface area contributed by atoms with E-state index in [-0.39, 0.29) is 5.63 Å². The van der Waals surface area contributed by atoms with E-state index in [4.69, 9.17) is 9.15 Å². The Kier molecular flexibility index (Phi) is 5.40. The fourth-order valence-corrected chi connectivity index (χ4v) is 4.09. The zero-order valence-electron chi connectivity index (χ0n) is 16.5. The van der Waals surface area contributed by atoms with Crippen molar-refractivity contribution in [1.29, 1.82) is 0 Å². The molecule has 0 spiro atoms. The molecule has 29 heavy (non-hydrogen) atoms. The van der Waals surface area contributed by atoms with E-state index in [1.165, 1.54) is 0 Å². The quantitative estimate of drug-likeness (QED) is 0.347. The van der Waals surface area contributed by atoms with Gasteiger partial charge in [-0.05, 0) is 47.9 Å². The predicted molar refractivity (Wildman–Crippen MR) is 114 cm³/mol. The van der Waals surface area contributed by atoms with Gasteiger partial charge in [-0.25, -0.2) is 4.79 Å². The molecule has 0 atom stereocenters. The molecule has 0 aliphatic carbocycles. The lowest BCUT2D eigenvalue weighted by atomic mass is 10.1. The van der Waals surface area contributed by atoms with Gasteiger partial charge in [-0.15, -0.1) is 10.2 Å². The Morgan fingerprint density at radius 1 is 1.10 bits per heavy atom. The van der Waals surface area contributed by atoms with Crippen LogP contribution in [0.2, 0.25) is 0 Å². The van der Waals surface area contributed by atoms with E-state index >= 15 is 0 Å². The Bertz CT molecular complexity index is 1210. The van der Waals surface area contributed by atoms with Crippen LogP contribution in [-0.2, 0) is 19.2 Å². The highest BCUT2D eigenvalue weighted by Crippen LogP contribution is 2.28. The summed E-state index contributed by atoms with van der Waals surface area (Å²) < 4.78 is 12.6. The highest BCUT2D eigenvalue weighted by Gasteiger charge is 2.13. The van der Waals surface area contributed by atoms with Crippen molar-refractivity contribution in [1.82, 2.24) is 14.8 Å². The van der Waals surface area contributed by atoms with E-state index in [0.717, 1.165) is 45.2 Å². The molecule has 0 saturated heterocycles. The van der Waals surface area contributed by atoms with Gasteiger partial charge in [0.05, 0.1) is 7.11 Å². The minimum absolute atomic E-state index is 0.335. The van der Waals surface area contributed by atoms with Crippen LogP contribution in [0.3, 0.4) is 0 Å². The van der Waals surface area contributed by atoms with Crippen molar-refractivity contribution < 1.29 is 9.15 Å². The largest absolute Gasteiger partial charge is 0.497 e. The maximum Gasteiger partial charge on any atom is 0.336 e. The number of rotatable bonds is 6. The van der Waals surface area contributed by atoms with E-state index < -0.39 is 0 Å². The second kappa shape index (κ2) is 8.13. The Balaban J connectivity index is 1.60. The molecular formula is C22H21N3O3S. The van der Waals surface area contributed by atoms with E-state index in [2.05, 4.69) is 23.2 Å². The summed E-state index contributed by atoms with van der Waals surface area (Å²) in [5, 5.41) is 10.4. The molecular weight excluding hydrogens is 386 g/mol. The number of aryl methyl sites for hydroxylation is 1. The van der Waals surface area contributed by atoms with Crippen molar-refractivity contribution in [2.24, 2.45) is 7.05 Å². The highest BCUT2D eigenvalue weighted by atomic mass is 32.2. The molecule has 0 unspecified atom stereocenters. The van der Waals surface area contributed by atoms with Crippen LogP contribution in [0.15, 0.2) is 62.9 Å². The average molecular weight is 407 g/mol. The van der Waals surface area contributed by atoms with E-state index in [1.54, 1.807) is 24.9 Å². The first-order valence-corrected chi connectivity index (χ1v) is 10.3. The molecule has 0 N–H and O–H groups in total. The Morgan fingerprint density at radius 2 is 1.90 bits per heavy atom. The second-order valence-electron chi connectivity index (χ2n) is 6.66. The molecule has 0 fully saturated rings. The zero-order valence-corrected chi connectivity index (χ0v) is 17.3. The lowest BCUT2D eigenvalue weighted by Gasteiger charge is -2.07. The fraction of sp³-hybridized carbons (Fsp3) is 0.227. The maximum absolute atomic E-state index is 12.0. The van der Waals surface area contributed by atoms with Crippen LogP contribution >= 0.6 is 11.8 Å². The molecule has 0 amide bonds. The molecule has 0 radical (unpaired) electrons. The van der Waals surface area contributed by atoms with Gasteiger partial charge in [0.1, 0.15) is 11.3 Å². The molecule has 2 aromatic carbocycles. The minimum Gasteiger partial charge on any atom is -0.497 e. The summed E-state index contributed by atoms with van der Waals surface area (Å²) in [6.07, 6.45) is 0.895. The number of aromatic nitrogens is 3. The van der Waals surface area contributed by atoms with Crippen LogP contribution in [-0.4, -0.2) is 21.9 Å². The first-order chi connectivity index (χ1) is 14.1. The molecule has 0 aliphatic heterocycles. The summed E-state index contributed by atoms with van der Waals surface area (Å²) in [4.78, 5) is 12.0. The summed E-state index contributed by atoms with van der Waals surface area (Å²) in [5.41, 5.74) is 3.33. The van der Waals surface area contributed by atoms with Gasteiger partial charge in [0.25, 0.3) is 0 Å². The van der Waals surface area contributed by atoms with Gasteiger partial charge >= 0.3 is 5.63 Å². The topological polar surface area (TPSA) is 70.2 Å². The van der Waals surface area contributed by atoms with E-state index in [0.29, 0.717) is 11.3 Å². The Morgan fingerprint density at radius 3 is 2.62 bits per heavy atom. The van der Waals surface area contributed by atoms with Gasteiger partial charge in [-0.3, -0.25) is 0 Å². The molecule has 0 bridgehead atoms. The third kappa shape index (κ3) is 3.91. The summed E-state index contributed by atoms with van der Waals surface area (Å²) in [7, 11) is 3.58. The van der Waals surface area contributed by atoms with Crippen LogP contribution in [0.25, 0.3) is 22.4 Å². The van der Waals surface area contributed by atoms with Gasteiger partial charge < -0.3 is 13.7 Å². The molecule has 2 heterocycles. The third-order valence-electron chi connectivity index (χ3n) is 4.84. The summed E-state index contributed by atoms with van der Waals surface area (Å²) >= 11 is 1.54. The van der Waals surface area contributed by atoms with Crippen molar-refractivity contribution in [3.63, 3.8) is 0 Å². The number of thioether (sulfide) groups is 1. The van der Waals surface area contributed by atoms with Gasteiger partial charge in [0.2, 0.25) is 0 Å². The molecule has 4 rings (SSSR count). The minimum atomic E-state index is -0.335. The number of nitrogens with zero attached hydrogens (tertiary/aromatic N) is 3. The lowest BCUT2D eigenvalue weighted by Crippen LogP contribution is -2.01. The van der Waals surface area contributed by atoms with E-state index in [9.17, 15) is 4.79 Å². The molecule has 0 aliphatic rings. The average Bonchev–Trinajstić information content (AvgIpc) is 3.11. The molecule has 2 aromatic heterocycles. The van der Waals surface area contributed by atoms with Crippen LogP contribution in [0.1, 0.15) is 18.1 Å². The third-order valence-corrected chi connectivity index (χ3v) is 5.91. The molecule has 7 heteroatoms. The molecule has 0 saturated carbocycles. The molecule has 6 nitrogen and oxygen atoms in total. The SMILES string of the molecule is CCc1ccc2c(CSc3nnc(-c4ccc(OC)cc4)n3C)cc(=O)oc2c1. The van der Waals surface area contributed by atoms with Crippen molar-refractivity contribution in [3.05, 3.63) is 70.1 Å². The van der Waals surface area contributed by atoms with Crippen molar-refractivity contribution >= 4 is 22.7 Å². The number of ether oxygens (including phenoxy) is 1. The molecule has 148 valence electrons. The highest BCUT2D eigenvalue weighted by molar-refractivity contribution is 7.98. The van der Waals surface area contributed by atoms with Crippen LogP contribution in [0, 0.1) is 0 Å². The standard InChI is InChI=1S/C22H21N3O3S/c1-4-14-5-10-18-16(12-20(26)28-19(18)11-14)13-29-22-24-23-21(25(22)2)15-6-8-17(27-3)9-7-15/h5-12H,4,13H2,1-3H3. The lowest BCUT2D eigenvalue weighted by molar-refractivity contribution is 0.415. The van der Waals surface area contributed by atoms with Gasteiger partial charge in [0, 0.05) is 29.8 Å². The number of hydrogen-bond donors (Lipinski definition) is 0. The van der Waals surface area contributed by atoms with Gasteiger partial charge in [0.15, 0.2) is 11.0 Å². The predicted octanol–water partition coefficient (Wildman–Crippen LogP) is 4.45. The van der Waals surface area contributed by atoms with Crippen LogP contribution < -0.4 is 10.4 Å². The number of methoxy groups -OCH3 is 1. The second-order valence-corrected chi connectivity index (χ2v) is 7.60. The van der Waals surface area contributed by atoms with Gasteiger partial charge in [-0.2, -0.15) is 0 Å². The number of hydrogen-bond acceptors (Lipinski definition) is 6. The van der Waals surface area contributed by atoms with Crippen LogP contribution in [0.4, 0.5) is 0 Å². The monoisotopic (exact) mass is 407 g/mol.